The van der Waals surface area contributed by atoms with Crippen molar-refractivity contribution in [2.75, 3.05) is 5.75 Å². The molecular weight excluding hydrogens is 487 g/mol. The van der Waals surface area contributed by atoms with E-state index in [4.69, 9.17) is 4.74 Å². The lowest BCUT2D eigenvalue weighted by Crippen LogP contribution is -2.31. The summed E-state index contributed by atoms with van der Waals surface area (Å²) < 4.78 is 46.6. The molecule has 9 heteroatoms. The fraction of sp³-hybridized carbons (Fsp3) is 0.136. The molecule has 0 bridgehead atoms. The number of aryl methyl sites for hydroxylation is 1. The van der Waals surface area contributed by atoms with Crippen molar-refractivity contribution in [1.29, 1.82) is 0 Å². The van der Waals surface area contributed by atoms with Crippen molar-refractivity contribution in [3.05, 3.63) is 75.9 Å². The van der Waals surface area contributed by atoms with E-state index in [9.17, 15) is 18.0 Å². The Balaban J connectivity index is 1.98. The molecule has 0 aliphatic heterocycles. The average molecular weight is 505 g/mol. The van der Waals surface area contributed by atoms with Gasteiger partial charge in [-0.15, -0.1) is 0 Å². The van der Waals surface area contributed by atoms with Crippen LogP contribution in [0, 0.1) is 17.9 Å². The first-order valence-corrected chi connectivity index (χ1v) is 11.9. The third-order valence-corrected chi connectivity index (χ3v) is 7.21. The lowest BCUT2D eigenvalue weighted by molar-refractivity contribution is -0.586. The number of H-pyrrole nitrogens is 1. The molecule has 2 heterocycles. The Bertz CT molecular complexity index is 1420. The number of benzene rings is 2. The summed E-state index contributed by atoms with van der Waals surface area (Å²) in [4.78, 5) is 3.02. The second kappa shape index (κ2) is 7.97. The maximum atomic E-state index is 14.4. The van der Waals surface area contributed by atoms with E-state index in [1.807, 2.05) is 0 Å². The summed E-state index contributed by atoms with van der Waals surface area (Å²) in [5.41, 5.74) is 1.78. The number of aromatic amines is 1. The highest BCUT2D eigenvalue weighted by molar-refractivity contribution is 9.10. The molecule has 0 unspecified atom stereocenters. The van der Waals surface area contributed by atoms with Crippen LogP contribution >= 0.6 is 15.9 Å². The molecule has 0 spiro atoms. The van der Waals surface area contributed by atoms with Crippen LogP contribution in [0.3, 0.4) is 0 Å². The summed E-state index contributed by atoms with van der Waals surface area (Å²) in [7, 11) is -3.50. The molecule has 0 aliphatic rings. The topological polar surface area (TPSA) is 86.1 Å². The van der Waals surface area contributed by atoms with Gasteiger partial charge in [-0.3, -0.25) is 0 Å². The van der Waals surface area contributed by atoms with Crippen LogP contribution in [0.5, 0.6) is 11.5 Å². The highest BCUT2D eigenvalue weighted by atomic mass is 79.9. The lowest BCUT2D eigenvalue weighted by atomic mass is 10.0. The largest absolute Gasteiger partial charge is 0.710 e. The molecule has 6 nitrogen and oxygen atoms in total. The van der Waals surface area contributed by atoms with Crippen LogP contribution < -0.4 is 9.47 Å². The third-order valence-electron chi connectivity index (χ3n) is 4.99. The minimum Gasteiger partial charge on any atom is -0.710 e. The number of pyridine rings is 1. The van der Waals surface area contributed by atoms with Crippen molar-refractivity contribution in [2.24, 2.45) is 0 Å². The van der Waals surface area contributed by atoms with Crippen molar-refractivity contribution >= 4 is 36.8 Å². The molecule has 0 saturated heterocycles. The monoisotopic (exact) mass is 504 g/mol. The van der Waals surface area contributed by atoms with Crippen LogP contribution in [0.2, 0.25) is 0 Å². The van der Waals surface area contributed by atoms with E-state index in [0.29, 0.717) is 32.3 Å². The van der Waals surface area contributed by atoms with Crippen molar-refractivity contribution in [1.82, 2.24) is 4.98 Å². The summed E-state index contributed by atoms with van der Waals surface area (Å²) in [5.74, 6) is -0.379. The number of nitrogens with zero attached hydrogens (tertiary/aromatic N) is 1. The maximum absolute atomic E-state index is 14.4. The Kier molecular flexibility index (Phi) is 5.49. The van der Waals surface area contributed by atoms with Gasteiger partial charge in [-0.1, -0.05) is 22.9 Å². The number of fused-ring (bicyclic) bond motifs is 1. The SMILES string of the molecule is CCS(=O)(=O)c1ccc(Oc2ccc(Br)cc2F)c(-c2cc(C)[n+]([O-])c3[nH]ccc23)c1. The Morgan fingerprint density at radius 3 is 2.55 bits per heavy atom. The molecule has 0 saturated carbocycles. The summed E-state index contributed by atoms with van der Waals surface area (Å²) in [6, 6.07) is 12.2. The van der Waals surface area contributed by atoms with Crippen molar-refractivity contribution in [3.63, 3.8) is 0 Å². The number of halogens is 2. The molecule has 4 rings (SSSR count). The van der Waals surface area contributed by atoms with Gasteiger partial charge in [-0.25, -0.2) is 22.5 Å². The molecule has 31 heavy (non-hydrogen) atoms. The van der Waals surface area contributed by atoms with Gasteiger partial charge in [0.15, 0.2) is 21.4 Å². The number of aromatic nitrogens is 2. The highest BCUT2D eigenvalue weighted by Crippen LogP contribution is 2.39. The molecule has 4 aromatic rings. The van der Waals surface area contributed by atoms with E-state index in [1.165, 1.54) is 30.3 Å². The van der Waals surface area contributed by atoms with Gasteiger partial charge in [0.25, 0.3) is 5.65 Å². The molecular formula is C22H18BrFN2O4S. The van der Waals surface area contributed by atoms with E-state index in [2.05, 4.69) is 20.9 Å². The van der Waals surface area contributed by atoms with Crippen LogP contribution in [-0.4, -0.2) is 19.2 Å². The number of hydrogen-bond donors (Lipinski definition) is 1. The number of rotatable bonds is 5. The summed E-state index contributed by atoms with van der Waals surface area (Å²) in [5, 5.41) is 13.0. The van der Waals surface area contributed by atoms with Crippen LogP contribution in [0.15, 0.2) is 64.1 Å². The quantitative estimate of drug-likeness (QED) is 0.296. The molecule has 0 amide bonds. The number of sulfone groups is 1. The lowest BCUT2D eigenvalue weighted by Gasteiger charge is -2.16. The Morgan fingerprint density at radius 1 is 1.10 bits per heavy atom. The van der Waals surface area contributed by atoms with Gasteiger partial charge in [0.2, 0.25) is 0 Å². The van der Waals surface area contributed by atoms with Gasteiger partial charge in [-0.05, 0) is 55.5 Å². The zero-order valence-electron chi connectivity index (χ0n) is 16.6. The second-order valence-electron chi connectivity index (χ2n) is 6.97. The first-order chi connectivity index (χ1) is 14.7. The highest BCUT2D eigenvalue weighted by Gasteiger charge is 2.21. The first-order valence-electron chi connectivity index (χ1n) is 9.41. The van der Waals surface area contributed by atoms with Gasteiger partial charge in [-0.2, -0.15) is 0 Å². The fourth-order valence-corrected chi connectivity index (χ4v) is 4.57. The summed E-state index contributed by atoms with van der Waals surface area (Å²) in [6.07, 6.45) is 1.63. The van der Waals surface area contributed by atoms with Gasteiger partial charge in [0.1, 0.15) is 11.4 Å². The van der Waals surface area contributed by atoms with E-state index >= 15 is 0 Å². The van der Waals surface area contributed by atoms with E-state index < -0.39 is 15.7 Å². The summed E-state index contributed by atoms with van der Waals surface area (Å²) in [6.45, 7) is 3.21. The van der Waals surface area contributed by atoms with Crippen LogP contribution in [0.1, 0.15) is 12.6 Å². The number of nitrogens with one attached hydrogen (secondary N) is 1. The number of hydrogen-bond acceptors (Lipinski definition) is 4. The fourth-order valence-electron chi connectivity index (χ4n) is 3.34. The average Bonchev–Trinajstić information content (AvgIpc) is 3.23. The smallest absolute Gasteiger partial charge is 0.290 e. The molecule has 2 aromatic heterocycles. The number of ether oxygens (including phenoxy) is 1. The van der Waals surface area contributed by atoms with Crippen molar-refractivity contribution < 1.29 is 22.3 Å². The molecule has 0 atom stereocenters. The zero-order valence-corrected chi connectivity index (χ0v) is 19.1. The minimum absolute atomic E-state index is 0.00703. The molecule has 160 valence electrons. The Labute approximate surface area is 186 Å². The molecule has 0 radical (unpaired) electrons. The molecule has 1 N–H and O–H groups in total. The van der Waals surface area contributed by atoms with Gasteiger partial charge in [0.05, 0.1) is 22.2 Å². The molecule has 0 fully saturated rings. The standard InChI is InChI=1S/C22H18BrFN2O4S/c1-3-31(28,29)15-5-7-20(30-21-6-4-14(23)11-19(21)24)18(12-15)17-10-13(2)26(27)22-16(17)8-9-25-22/h4-12,25H,3H2,1-2H3. The minimum atomic E-state index is -3.50. The van der Waals surface area contributed by atoms with Gasteiger partial charge < -0.3 is 9.94 Å². The third kappa shape index (κ3) is 3.90. The van der Waals surface area contributed by atoms with Crippen LogP contribution in [0.25, 0.3) is 22.2 Å². The normalized spacial score (nSPS) is 11.7. The van der Waals surface area contributed by atoms with Crippen molar-refractivity contribution in [3.8, 4) is 22.6 Å². The van der Waals surface area contributed by atoms with Crippen LogP contribution in [0.4, 0.5) is 4.39 Å². The van der Waals surface area contributed by atoms with Gasteiger partial charge >= 0.3 is 0 Å². The molecule has 0 aliphatic carbocycles. The predicted molar refractivity (Wildman–Crippen MR) is 119 cm³/mol. The second-order valence-corrected chi connectivity index (χ2v) is 10.2. The van der Waals surface area contributed by atoms with Gasteiger partial charge in [0, 0.05) is 15.6 Å². The predicted octanol–water partition coefficient (Wildman–Crippen LogP) is 5.26. The zero-order chi connectivity index (χ0) is 22.3. The van der Waals surface area contributed by atoms with E-state index in [0.717, 1.165) is 4.73 Å². The molecule has 2 aromatic carbocycles. The van der Waals surface area contributed by atoms with E-state index in [-0.39, 0.29) is 22.1 Å². The Morgan fingerprint density at radius 2 is 1.84 bits per heavy atom. The summed E-state index contributed by atoms with van der Waals surface area (Å²) >= 11 is 3.21. The van der Waals surface area contributed by atoms with E-state index in [1.54, 1.807) is 38.2 Å². The Hall–Kier alpha value is -2.91. The maximum Gasteiger partial charge on any atom is 0.290 e. The van der Waals surface area contributed by atoms with Crippen LogP contribution in [-0.2, 0) is 9.84 Å². The first kappa shape index (κ1) is 21.3. The van der Waals surface area contributed by atoms with Crippen molar-refractivity contribution in [2.45, 2.75) is 18.7 Å².